The van der Waals surface area contributed by atoms with E-state index in [1.165, 1.54) is 11.5 Å². The Bertz CT molecular complexity index is 977. The van der Waals surface area contributed by atoms with Crippen LogP contribution >= 0.6 is 11.5 Å². The number of aryl methyl sites for hydroxylation is 1. The standard InChI is InChI=1S/C18H25N9O4S/c1-12-10-13(22-31-12)20-14(28)11-24-2-4-25(5-3-24)15(29)16(30)26-6-8-27(9-7-26)18-21-17(19)23-32-18/h10H,2-9,11H2,1H3,(H2,19,23)(H,20,22,28). The lowest BCUT2D eigenvalue weighted by molar-refractivity contribution is -0.153. The van der Waals surface area contributed by atoms with Gasteiger partial charge in [-0.2, -0.15) is 9.36 Å². The van der Waals surface area contributed by atoms with Crippen molar-refractivity contribution in [2.45, 2.75) is 6.92 Å². The van der Waals surface area contributed by atoms with Crippen LogP contribution < -0.4 is 16.0 Å². The molecule has 3 amide bonds. The lowest BCUT2D eigenvalue weighted by atomic mass is 10.2. The van der Waals surface area contributed by atoms with Gasteiger partial charge in [-0.05, 0) is 6.92 Å². The Hall–Kier alpha value is -3.26. The molecule has 0 radical (unpaired) electrons. The second-order valence-electron chi connectivity index (χ2n) is 7.65. The number of amides is 3. The number of rotatable bonds is 4. The van der Waals surface area contributed by atoms with Gasteiger partial charge in [0.25, 0.3) is 0 Å². The van der Waals surface area contributed by atoms with Gasteiger partial charge in [0.15, 0.2) is 5.82 Å². The normalized spacial score (nSPS) is 17.5. The Morgan fingerprint density at radius 1 is 1.06 bits per heavy atom. The van der Waals surface area contributed by atoms with Crippen LogP contribution in [0.5, 0.6) is 0 Å². The third kappa shape index (κ3) is 5.13. The summed E-state index contributed by atoms with van der Waals surface area (Å²) in [6.07, 6.45) is 0. The van der Waals surface area contributed by atoms with E-state index in [-0.39, 0.29) is 18.4 Å². The van der Waals surface area contributed by atoms with Crippen LogP contribution in [0.15, 0.2) is 10.6 Å². The minimum Gasteiger partial charge on any atom is -0.367 e. The molecule has 2 aromatic rings. The third-order valence-electron chi connectivity index (χ3n) is 5.37. The van der Waals surface area contributed by atoms with Crippen molar-refractivity contribution < 1.29 is 18.9 Å². The number of nitrogen functional groups attached to an aromatic ring is 1. The molecule has 2 fully saturated rings. The minimum absolute atomic E-state index is 0.181. The Balaban J connectivity index is 1.20. The summed E-state index contributed by atoms with van der Waals surface area (Å²) in [5.41, 5.74) is 5.57. The number of carbonyl (C=O) groups excluding carboxylic acids is 3. The summed E-state index contributed by atoms with van der Waals surface area (Å²) < 4.78 is 8.90. The number of aromatic nitrogens is 3. The maximum absolute atomic E-state index is 12.7. The molecule has 2 saturated heterocycles. The molecule has 0 saturated carbocycles. The van der Waals surface area contributed by atoms with Gasteiger partial charge in [-0.25, -0.2) is 0 Å². The van der Waals surface area contributed by atoms with Crippen molar-refractivity contribution >= 4 is 46.2 Å². The zero-order valence-electron chi connectivity index (χ0n) is 17.7. The Kier molecular flexibility index (Phi) is 6.50. The molecule has 3 N–H and O–H groups in total. The van der Waals surface area contributed by atoms with Crippen LogP contribution in [0.25, 0.3) is 0 Å². The van der Waals surface area contributed by atoms with Gasteiger partial charge < -0.3 is 30.3 Å². The van der Waals surface area contributed by atoms with Gasteiger partial charge in [0, 0.05) is 70.0 Å². The van der Waals surface area contributed by atoms with Crippen molar-refractivity contribution in [2.24, 2.45) is 0 Å². The fourth-order valence-electron chi connectivity index (χ4n) is 3.65. The van der Waals surface area contributed by atoms with Gasteiger partial charge in [0.1, 0.15) is 5.76 Å². The van der Waals surface area contributed by atoms with Gasteiger partial charge >= 0.3 is 11.8 Å². The number of hydrogen-bond donors (Lipinski definition) is 2. The minimum atomic E-state index is -0.499. The second-order valence-corrected chi connectivity index (χ2v) is 8.38. The molecule has 0 atom stereocenters. The van der Waals surface area contributed by atoms with Crippen molar-refractivity contribution in [2.75, 3.05) is 74.9 Å². The fraction of sp³-hybridized carbons (Fsp3) is 0.556. The maximum atomic E-state index is 12.7. The fourth-order valence-corrected chi connectivity index (χ4v) is 4.29. The first-order valence-corrected chi connectivity index (χ1v) is 11.0. The van der Waals surface area contributed by atoms with Gasteiger partial charge in [0.05, 0.1) is 6.54 Å². The van der Waals surface area contributed by atoms with Gasteiger partial charge in [0.2, 0.25) is 17.0 Å². The highest BCUT2D eigenvalue weighted by molar-refractivity contribution is 7.09. The zero-order chi connectivity index (χ0) is 22.7. The van der Waals surface area contributed by atoms with Crippen molar-refractivity contribution in [1.82, 2.24) is 29.2 Å². The van der Waals surface area contributed by atoms with E-state index in [0.717, 1.165) is 5.13 Å². The summed E-state index contributed by atoms with van der Waals surface area (Å²) in [5.74, 6) is 0.0348. The van der Waals surface area contributed by atoms with E-state index in [2.05, 4.69) is 19.8 Å². The van der Waals surface area contributed by atoms with Crippen molar-refractivity contribution in [3.63, 3.8) is 0 Å². The highest BCUT2D eigenvalue weighted by atomic mass is 32.1. The molecule has 32 heavy (non-hydrogen) atoms. The van der Waals surface area contributed by atoms with Crippen LogP contribution in [0.3, 0.4) is 0 Å². The summed E-state index contributed by atoms with van der Waals surface area (Å²) in [6.45, 7) is 5.75. The SMILES string of the molecule is Cc1cc(NC(=O)CN2CCN(C(=O)C(=O)N3CCN(c4nc(N)ns4)CC3)CC2)no1. The van der Waals surface area contributed by atoms with E-state index in [1.807, 2.05) is 9.80 Å². The summed E-state index contributed by atoms with van der Waals surface area (Å²) >= 11 is 1.22. The molecule has 0 spiro atoms. The Morgan fingerprint density at radius 2 is 1.69 bits per heavy atom. The average Bonchev–Trinajstić information content (AvgIpc) is 3.41. The molecule has 4 rings (SSSR count). The number of piperazine rings is 2. The van der Waals surface area contributed by atoms with Crippen LogP contribution in [0.1, 0.15) is 5.76 Å². The number of nitrogens with one attached hydrogen (secondary N) is 1. The number of nitrogens with two attached hydrogens (primary N) is 1. The number of carbonyl (C=O) groups is 3. The predicted molar refractivity (Wildman–Crippen MR) is 116 cm³/mol. The summed E-state index contributed by atoms with van der Waals surface area (Å²) in [6, 6.07) is 1.64. The molecule has 2 aromatic heterocycles. The monoisotopic (exact) mass is 463 g/mol. The van der Waals surface area contributed by atoms with Crippen LogP contribution in [0, 0.1) is 6.92 Å². The molecule has 172 valence electrons. The lowest BCUT2D eigenvalue weighted by Gasteiger charge is -2.37. The lowest BCUT2D eigenvalue weighted by Crippen LogP contribution is -2.57. The summed E-state index contributed by atoms with van der Waals surface area (Å²) in [7, 11) is 0. The number of anilines is 3. The molecule has 0 aliphatic carbocycles. The Morgan fingerprint density at radius 3 is 2.22 bits per heavy atom. The van der Waals surface area contributed by atoms with E-state index >= 15 is 0 Å². The largest absolute Gasteiger partial charge is 0.367 e. The molecule has 4 heterocycles. The summed E-state index contributed by atoms with van der Waals surface area (Å²) in [4.78, 5) is 48.8. The third-order valence-corrected chi connectivity index (χ3v) is 6.16. The average molecular weight is 464 g/mol. The quantitative estimate of drug-likeness (QED) is 0.531. The number of hydrogen-bond acceptors (Lipinski definition) is 11. The molecule has 2 aliphatic rings. The molecule has 14 heteroatoms. The molecule has 0 unspecified atom stereocenters. The van der Waals surface area contributed by atoms with E-state index < -0.39 is 11.8 Å². The van der Waals surface area contributed by atoms with E-state index in [1.54, 1.807) is 22.8 Å². The maximum Gasteiger partial charge on any atom is 0.312 e. The second kappa shape index (κ2) is 9.48. The first kappa shape index (κ1) is 22.0. The van der Waals surface area contributed by atoms with Crippen molar-refractivity contribution in [3.05, 3.63) is 11.8 Å². The molecule has 0 aromatic carbocycles. The van der Waals surface area contributed by atoms with E-state index in [9.17, 15) is 14.4 Å². The van der Waals surface area contributed by atoms with Crippen LogP contribution in [-0.2, 0) is 14.4 Å². The first-order chi connectivity index (χ1) is 15.4. The molecule has 2 aliphatic heterocycles. The van der Waals surface area contributed by atoms with E-state index in [0.29, 0.717) is 63.9 Å². The van der Waals surface area contributed by atoms with Gasteiger partial charge in [-0.3, -0.25) is 19.3 Å². The Labute approximate surface area is 188 Å². The zero-order valence-corrected chi connectivity index (χ0v) is 18.5. The van der Waals surface area contributed by atoms with Gasteiger partial charge in [-0.1, -0.05) is 5.16 Å². The molecular weight excluding hydrogens is 438 g/mol. The number of nitrogens with zero attached hydrogens (tertiary/aromatic N) is 7. The van der Waals surface area contributed by atoms with E-state index in [4.69, 9.17) is 10.3 Å². The molecular formula is C18H25N9O4S. The topological polar surface area (TPSA) is 154 Å². The van der Waals surface area contributed by atoms with Crippen molar-refractivity contribution in [3.8, 4) is 0 Å². The molecule has 13 nitrogen and oxygen atoms in total. The first-order valence-electron chi connectivity index (χ1n) is 10.3. The van der Waals surface area contributed by atoms with Crippen LogP contribution in [0.4, 0.5) is 16.9 Å². The molecule has 0 bridgehead atoms. The predicted octanol–water partition coefficient (Wildman–Crippen LogP) is -1.15. The van der Waals surface area contributed by atoms with Crippen molar-refractivity contribution in [1.29, 1.82) is 0 Å². The smallest absolute Gasteiger partial charge is 0.312 e. The van der Waals surface area contributed by atoms with Gasteiger partial charge in [-0.15, -0.1) is 0 Å². The summed E-state index contributed by atoms with van der Waals surface area (Å²) in [5, 5.41) is 7.13. The van der Waals surface area contributed by atoms with Crippen LogP contribution in [-0.4, -0.2) is 106 Å². The highest BCUT2D eigenvalue weighted by Crippen LogP contribution is 2.20. The highest BCUT2D eigenvalue weighted by Gasteiger charge is 2.32. The van der Waals surface area contributed by atoms with Crippen LogP contribution in [0.2, 0.25) is 0 Å².